The molecule has 0 bridgehead atoms. The van der Waals surface area contributed by atoms with Gasteiger partial charge in [-0.15, -0.1) is 11.3 Å². The van der Waals surface area contributed by atoms with Crippen molar-refractivity contribution in [3.05, 3.63) is 10.6 Å². The maximum Gasteiger partial charge on any atom is 0.408 e. The molecule has 2 atom stereocenters. The number of alkyl halides is 3. The molecular formula is C14H20F3N3O2S. The number of thiazole rings is 1. The van der Waals surface area contributed by atoms with Crippen LogP contribution in [-0.2, 0) is 11.2 Å². The van der Waals surface area contributed by atoms with Gasteiger partial charge in [0.15, 0.2) is 5.13 Å². The van der Waals surface area contributed by atoms with Crippen molar-refractivity contribution in [2.75, 3.05) is 11.9 Å². The molecule has 2 unspecified atom stereocenters. The number of amides is 2. The molecule has 0 spiro atoms. The number of aromatic nitrogens is 1. The fourth-order valence-electron chi connectivity index (χ4n) is 2.47. The first-order valence-electron chi connectivity index (χ1n) is 7.51. The molecule has 23 heavy (non-hydrogen) atoms. The Kier molecular flexibility index (Phi) is 5.85. The Bertz CT molecular complexity index is 542. The maximum absolute atomic E-state index is 13.1. The number of rotatable bonds is 5. The highest BCUT2D eigenvalue weighted by Gasteiger charge is 2.42. The third-order valence-electron chi connectivity index (χ3n) is 3.67. The fourth-order valence-corrected chi connectivity index (χ4v) is 3.37. The quantitative estimate of drug-likeness (QED) is 0.851. The van der Waals surface area contributed by atoms with Gasteiger partial charge in [-0.1, -0.05) is 6.92 Å². The minimum absolute atomic E-state index is 0.270. The van der Waals surface area contributed by atoms with Crippen LogP contribution >= 0.6 is 11.3 Å². The van der Waals surface area contributed by atoms with Crippen LogP contribution < -0.4 is 10.6 Å². The lowest BCUT2D eigenvalue weighted by Gasteiger charge is -2.23. The van der Waals surface area contributed by atoms with Crippen molar-refractivity contribution in [2.45, 2.75) is 57.9 Å². The molecule has 0 aliphatic carbocycles. The Morgan fingerprint density at radius 2 is 2.26 bits per heavy atom. The smallest absolute Gasteiger partial charge is 0.378 e. The van der Waals surface area contributed by atoms with Gasteiger partial charge in [-0.05, 0) is 26.2 Å². The number of carbonyl (C=O) groups is 1. The summed E-state index contributed by atoms with van der Waals surface area (Å²) in [4.78, 5) is 17.0. The lowest BCUT2D eigenvalue weighted by molar-refractivity contribution is -0.159. The van der Waals surface area contributed by atoms with E-state index in [9.17, 15) is 18.0 Å². The van der Waals surface area contributed by atoms with Crippen LogP contribution in [0.1, 0.15) is 36.8 Å². The highest BCUT2D eigenvalue weighted by Crippen LogP contribution is 2.28. The Labute approximate surface area is 136 Å². The second-order valence-electron chi connectivity index (χ2n) is 5.44. The molecular weight excluding hydrogens is 331 g/mol. The second-order valence-corrected chi connectivity index (χ2v) is 6.64. The van der Waals surface area contributed by atoms with Crippen molar-refractivity contribution >= 4 is 22.5 Å². The molecule has 1 aliphatic rings. The number of halogens is 3. The molecule has 2 amide bonds. The molecule has 1 aliphatic heterocycles. The van der Waals surface area contributed by atoms with E-state index in [1.807, 2.05) is 19.2 Å². The molecule has 1 aromatic heterocycles. The van der Waals surface area contributed by atoms with Crippen LogP contribution in [0.5, 0.6) is 0 Å². The highest BCUT2D eigenvalue weighted by atomic mass is 32.1. The van der Waals surface area contributed by atoms with E-state index in [1.165, 1.54) is 11.3 Å². The number of hydrogen-bond donors (Lipinski definition) is 2. The number of carbonyl (C=O) groups excluding carboxylic acids is 1. The number of urea groups is 1. The number of aryl methyl sites for hydroxylation is 2. The Morgan fingerprint density at radius 3 is 2.78 bits per heavy atom. The number of hydrogen-bond acceptors (Lipinski definition) is 4. The minimum Gasteiger partial charge on any atom is -0.378 e. The molecule has 1 fully saturated rings. The minimum atomic E-state index is -4.52. The standard InChI is InChI=1S/C14H20F3N3O2S/c1-3-10-8(2)23-13(18-10)20-12(21)19-11(14(15,16)17)7-9-5-4-6-22-9/h9,11H,3-7H2,1-2H3,(H2,18,19,20,21). The van der Waals surface area contributed by atoms with Crippen molar-refractivity contribution < 1.29 is 22.7 Å². The van der Waals surface area contributed by atoms with E-state index in [2.05, 4.69) is 10.3 Å². The van der Waals surface area contributed by atoms with Crippen LogP contribution in [0.2, 0.25) is 0 Å². The summed E-state index contributed by atoms with van der Waals surface area (Å²) in [7, 11) is 0. The van der Waals surface area contributed by atoms with Crippen molar-refractivity contribution in [1.29, 1.82) is 0 Å². The molecule has 130 valence electrons. The molecule has 9 heteroatoms. The molecule has 1 saturated heterocycles. The lowest BCUT2D eigenvalue weighted by atomic mass is 10.1. The molecule has 0 aromatic carbocycles. The number of nitrogens with zero attached hydrogens (tertiary/aromatic N) is 1. The lowest BCUT2D eigenvalue weighted by Crippen LogP contribution is -2.48. The van der Waals surface area contributed by atoms with Crippen LogP contribution in [0.25, 0.3) is 0 Å². The van der Waals surface area contributed by atoms with E-state index >= 15 is 0 Å². The summed E-state index contributed by atoms with van der Waals surface area (Å²) in [6, 6.07) is -2.83. The van der Waals surface area contributed by atoms with Gasteiger partial charge in [-0.3, -0.25) is 5.32 Å². The zero-order valence-corrected chi connectivity index (χ0v) is 13.8. The molecule has 0 saturated carbocycles. The van der Waals surface area contributed by atoms with Crippen molar-refractivity contribution in [2.24, 2.45) is 0 Å². The van der Waals surface area contributed by atoms with Gasteiger partial charge in [-0.25, -0.2) is 9.78 Å². The molecule has 2 N–H and O–H groups in total. The fraction of sp³-hybridized carbons (Fsp3) is 0.714. The largest absolute Gasteiger partial charge is 0.408 e. The molecule has 2 rings (SSSR count). The van der Waals surface area contributed by atoms with Crippen LogP contribution in [0.4, 0.5) is 23.1 Å². The topological polar surface area (TPSA) is 63.2 Å². The Morgan fingerprint density at radius 1 is 1.52 bits per heavy atom. The molecule has 1 aromatic rings. The van der Waals surface area contributed by atoms with Gasteiger partial charge in [0.2, 0.25) is 0 Å². The number of nitrogens with one attached hydrogen (secondary N) is 2. The Balaban J connectivity index is 1.95. The summed E-state index contributed by atoms with van der Waals surface area (Å²) >= 11 is 1.25. The van der Waals surface area contributed by atoms with Crippen molar-refractivity contribution in [3.63, 3.8) is 0 Å². The van der Waals surface area contributed by atoms with Gasteiger partial charge in [0, 0.05) is 17.9 Å². The zero-order valence-electron chi connectivity index (χ0n) is 13.0. The number of anilines is 1. The summed E-state index contributed by atoms with van der Waals surface area (Å²) in [5, 5.41) is 4.67. The van der Waals surface area contributed by atoms with Crippen molar-refractivity contribution in [3.8, 4) is 0 Å². The average Bonchev–Trinajstić information content (AvgIpc) is 3.06. The van der Waals surface area contributed by atoms with Gasteiger partial charge >= 0.3 is 12.2 Å². The van der Waals surface area contributed by atoms with E-state index in [-0.39, 0.29) is 6.42 Å². The average molecular weight is 351 g/mol. The van der Waals surface area contributed by atoms with Gasteiger partial charge in [0.1, 0.15) is 6.04 Å². The van der Waals surface area contributed by atoms with Gasteiger partial charge in [-0.2, -0.15) is 13.2 Å². The first-order chi connectivity index (χ1) is 10.8. The van der Waals surface area contributed by atoms with Gasteiger partial charge in [0.05, 0.1) is 11.8 Å². The molecule has 2 heterocycles. The highest BCUT2D eigenvalue weighted by molar-refractivity contribution is 7.15. The summed E-state index contributed by atoms with van der Waals surface area (Å²) in [6.45, 7) is 4.25. The van der Waals surface area contributed by atoms with E-state index in [1.54, 1.807) is 0 Å². The van der Waals surface area contributed by atoms with Gasteiger partial charge < -0.3 is 10.1 Å². The summed E-state index contributed by atoms with van der Waals surface area (Å²) < 4.78 is 44.5. The van der Waals surface area contributed by atoms with E-state index in [0.29, 0.717) is 24.6 Å². The van der Waals surface area contributed by atoms with Crippen molar-refractivity contribution in [1.82, 2.24) is 10.3 Å². The first-order valence-corrected chi connectivity index (χ1v) is 8.33. The number of ether oxygens (including phenoxy) is 1. The first kappa shape index (κ1) is 18.0. The van der Waals surface area contributed by atoms with E-state index < -0.39 is 24.4 Å². The second kappa shape index (κ2) is 7.48. The third-order valence-corrected chi connectivity index (χ3v) is 4.60. The third kappa shape index (κ3) is 5.07. The monoisotopic (exact) mass is 351 g/mol. The predicted molar refractivity (Wildman–Crippen MR) is 81.8 cm³/mol. The van der Waals surface area contributed by atoms with E-state index in [4.69, 9.17) is 4.74 Å². The summed E-state index contributed by atoms with van der Waals surface area (Å²) in [5.74, 6) is 0. The van der Waals surface area contributed by atoms with E-state index in [0.717, 1.165) is 17.0 Å². The summed E-state index contributed by atoms with van der Waals surface area (Å²) in [5.41, 5.74) is 0.831. The van der Waals surface area contributed by atoms with Crippen LogP contribution in [0.3, 0.4) is 0 Å². The molecule has 5 nitrogen and oxygen atoms in total. The predicted octanol–water partition coefficient (Wildman–Crippen LogP) is 3.64. The SMILES string of the molecule is CCc1nc(NC(=O)NC(CC2CCCO2)C(F)(F)F)sc1C. The molecule has 0 radical (unpaired) electrons. The van der Waals surface area contributed by atoms with Crippen LogP contribution in [0.15, 0.2) is 0 Å². The zero-order chi connectivity index (χ0) is 17.0. The van der Waals surface area contributed by atoms with Gasteiger partial charge in [0.25, 0.3) is 0 Å². The normalized spacial score (nSPS) is 19.6. The maximum atomic E-state index is 13.1. The van der Waals surface area contributed by atoms with Crippen LogP contribution in [-0.4, -0.2) is 35.9 Å². The summed E-state index contributed by atoms with van der Waals surface area (Å²) in [6.07, 6.45) is -3.21. The van der Waals surface area contributed by atoms with Crippen LogP contribution in [0, 0.1) is 6.92 Å². The Hall–Kier alpha value is -1.35.